The maximum atomic E-state index is 13.0. The molecule has 0 aliphatic heterocycles. The second kappa shape index (κ2) is 7.52. The van der Waals surface area contributed by atoms with Gasteiger partial charge in [-0.05, 0) is 54.6 Å². The van der Waals surface area contributed by atoms with Crippen molar-refractivity contribution < 1.29 is 9.18 Å². The second-order valence-electron chi connectivity index (χ2n) is 6.66. The molecular formula is C21H21FN2O2. The van der Waals surface area contributed by atoms with Gasteiger partial charge in [-0.2, -0.15) is 0 Å². The third-order valence-corrected chi connectivity index (χ3v) is 4.43. The topological polar surface area (TPSA) is 62.0 Å². The summed E-state index contributed by atoms with van der Waals surface area (Å²) in [6.45, 7) is 3.97. The monoisotopic (exact) mass is 352 g/mol. The van der Waals surface area contributed by atoms with E-state index in [2.05, 4.69) is 10.3 Å². The van der Waals surface area contributed by atoms with E-state index in [9.17, 15) is 14.0 Å². The zero-order valence-corrected chi connectivity index (χ0v) is 14.8. The van der Waals surface area contributed by atoms with Crippen LogP contribution in [-0.4, -0.2) is 10.9 Å². The van der Waals surface area contributed by atoms with Crippen LogP contribution in [0.25, 0.3) is 10.9 Å². The van der Waals surface area contributed by atoms with Gasteiger partial charge in [-0.15, -0.1) is 0 Å². The summed E-state index contributed by atoms with van der Waals surface area (Å²) in [5, 5.41) is 3.76. The summed E-state index contributed by atoms with van der Waals surface area (Å²) in [6.07, 6.45) is 0.513. The molecule has 5 heteroatoms. The van der Waals surface area contributed by atoms with E-state index in [0.717, 1.165) is 22.0 Å². The molecule has 0 fully saturated rings. The van der Waals surface area contributed by atoms with Gasteiger partial charge in [0.25, 0.3) is 5.56 Å². The van der Waals surface area contributed by atoms with Gasteiger partial charge in [0.15, 0.2) is 0 Å². The summed E-state index contributed by atoms with van der Waals surface area (Å²) in [6, 6.07) is 13.7. The van der Waals surface area contributed by atoms with E-state index >= 15 is 0 Å². The predicted molar refractivity (Wildman–Crippen MR) is 100 cm³/mol. The van der Waals surface area contributed by atoms with Crippen molar-refractivity contribution in [1.82, 2.24) is 10.3 Å². The lowest BCUT2D eigenvalue weighted by Crippen LogP contribution is -2.31. The van der Waals surface area contributed by atoms with Gasteiger partial charge < -0.3 is 10.3 Å². The van der Waals surface area contributed by atoms with Crippen LogP contribution in [-0.2, 0) is 17.8 Å². The third kappa shape index (κ3) is 4.17. The number of carbonyl (C=O) groups is 1. The number of nitrogens with one attached hydrogen (secondary N) is 2. The van der Waals surface area contributed by atoms with E-state index in [4.69, 9.17) is 0 Å². The van der Waals surface area contributed by atoms with Crippen LogP contribution in [0.1, 0.15) is 23.6 Å². The van der Waals surface area contributed by atoms with Crippen molar-refractivity contribution in [1.29, 1.82) is 0 Å². The van der Waals surface area contributed by atoms with Crippen LogP contribution in [0.15, 0.2) is 53.3 Å². The van der Waals surface area contributed by atoms with Gasteiger partial charge in [-0.3, -0.25) is 9.59 Å². The van der Waals surface area contributed by atoms with Crippen LogP contribution in [0, 0.1) is 18.7 Å². The third-order valence-electron chi connectivity index (χ3n) is 4.43. The number of pyridine rings is 1. The van der Waals surface area contributed by atoms with Crippen molar-refractivity contribution in [3.05, 3.63) is 81.4 Å². The Morgan fingerprint density at radius 3 is 2.62 bits per heavy atom. The number of fused-ring (bicyclic) bond motifs is 1. The van der Waals surface area contributed by atoms with E-state index in [1.54, 1.807) is 12.1 Å². The Hall–Kier alpha value is -2.95. The first kappa shape index (κ1) is 17.9. The SMILES string of the molecule is Cc1ccc2[nH]c(=O)c(CNC(=O)C(C)Cc3ccc(F)cc3)cc2c1. The summed E-state index contributed by atoms with van der Waals surface area (Å²) in [4.78, 5) is 27.3. The number of aromatic amines is 1. The molecule has 1 heterocycles. The highest BCUT2D eigenvalue weighted by Gasteiger charge is 2.14. The summed E-state index contributed by atoms with van der Waals surface area (Å²) < 4.78 is 13.0. The Bertz CT molecular complexity index is 993. The lowest BCUT2D eigenvalue weighted by molar-refractivity contribution is -0.124. The Morgan fingerprint density at radius 1 is 1.15 bits per heavy atom. The van der Waals surface area contributed by atoms with Crippen LogP contribution in [0.3, 0.4) is 0 Å². The molecule has 1 atom stereocenters. The number of hydrogen-bond donors (Lipinski definition) is 2. The number of hydrogen-bond acceptors (Lipinski definition) is 2. The number of halogens is 1. The molecule has 0 saturated heterocycles. The Morgan fingerprint density at radius 2 is 1.88 bits per heavy atom. The number of amides is 1. The van der Waals surface area contributed by atoms with Crippen molar-refractivity contribution in [2.24, 2.45) is 5.92 Å². The molecule has 4 nitrogen and oxygen atoms in total. The number of aromatic nitrogens is 1. The molecule has 0 aliphatic carbocycles. The molecule has 1 aromatic heterocycles. The number of aryl methyl sites for hydroxylation is 1. The molecule has 0 aliphatic rings. The lowest BCUT2D eigenvalue weighted by atomic mass is 10.0. The van der Waals surface area contributed by atoms with Gasteiger partial charge >= 0.3 is 0 Å². The van der Waals surface area contributed by atoms with Crippen molar-refractivity contribution in [2.75, 3.05) is 0 Å². The Balaban J connectivity index is 1.66. The molecule has 2 aromatic carbocycles. The van der Waals surface area contributed by atoms with E-state index < -0.39 is 0 Å². The van der Waals surface area contributed by atoms with Gasteiger partial charge in [-0.1, -0.05) is 30.7 Å². The average Bonchev–Trinajstić information content (AvgIpc) is 2.62. The maximum absolute atomic E-state index is 13.0. The molecule has 0 saturated carbocycles. The number of rotatable bonds is 5. The van der Waals surface area contributed by atoms with E-state index in [1.165, 1.54) is 12.1 Å². The smallest absolute Gasteiger partial charge is 0.253 e. The summed E-state index contributed by atoms with van der Waals surface area (Å²) in [7, 11) is 0. The highest BCUT2D eigenvalue weighted by atomic mass is 19.1. The molecule has 0 spiro atoms. The fraction of sp³-hybridized carbons (Fsp3) is 0.238. The summed E-state index contributed by atoms with van der Waals surface area (Å²) in [5.74, 6) is -0.711. The second-order valence-corrected chi connectivity index (χ2v) is 6.66. The van der Waals surface area contributed by atoms with E-state index in [1.807, 2.05) is 38.1 Å². The first-order valence-electron chi connectivity index (χ1n) is 8.57. The van der Waals surface area contributed by atoms with Crippen LogP contribution >= 0.6 is 0 Å². The summed E-state index contributed by atoms with van der Waals surface area (Å²) in [5.41, 5.74) is 3.10. The molecule has 1 amide bonds. The zero-order valence-electron chi connectivity index (χ0n) is 14.8. The average molecular weight is 352 g/mol. The molecule has 1 unspecified atom stereocenters. The minimum absolute atomic E-state index is 0.141. The van der Waals surface area contributed by atoms with Crippen molar-refractivity contribution in [3.8, 4) is 0 Å². The first-order chi connectivity index (χ1) is 12.4. The normalized spacial score (nSPS) is 12.1. The lowest BCUT2D eigenvalue weighted by Gasteiger charge is -2.12. The van der Waals surface area contributed by atoms with Crippen molar-refractivity contribution >= 4 is 16.8 Å². The largest absolute Gasteiger partial charge is 0.352 e. The molecule has 0 radical (unpaired) electrons. The first-order valence-corrected chi connectivity index (χ1v) is 8.57. The number of benzene rings is 2. The Kier molecular flexibility index (Phi) is 5.16. The molecule has 3 rings (SSSR count). The van der Waals surface area contributed by atoms with Crippen molar-refractivity contribution in [3.63, 3.8) is 0 Å². The molecule has 26 heavy (non-hydrogen) atoms. The van der Waals surface area contributed by atoms with Crippen LogP contribution in [0.4, 0.5) is 4.39 Å². The molecule has 0 bridgehead atoms. The predicted octanol–water partition coefficient (Wildman–Crippen LogP) is 3.47. The standard InChI is InChI=1S/C21H21FN2O2/c1-13-3-8-19-16(9-13)11-17(21(26)24-19)12-23-20(25)14(2)10-15-4-6-18(22)7-5-15/h3-9,11,14H,10,12H2,1-2H3,(H,23,25)(H,24,26). The molecule has 3 aromatic rings. The minimum atomic E-state index is -0.295. The van der Waals surface area contributed by atoms with Gasteiger partial charge in [-0.25, -0.2) is 4.39 Å². The molecule has 2 N–H and O–H groups in total. The Labute approximate surface area is 151 Å². The molecular weight excluding hydrogens is 331 g/mol. The van der Waals surface area contributed by atoms with Crippen LogP contribution < -0.4 is 10.9 Å². The molecule has 134 valence electrons. The van der Waals surface area contributed by atoms with Gasteiger partial charge in [0.1, 0.15) is 5.82 Å². The van der Waals surface area contributed by atoms with E-state index in [-0.39, 0.29) is 29.7 Å². The number of carbonyl (C=O) groups excluding carboxylic acids is 1. The quantitative estimate of drug-likeness (QED) is 0.739. The zero-order chi connectivity index (χ0) is 18.7. The van der Waals surface area contributed by atoms with Gasteiger partial charge in [0.05, 0.1) is 0 Å². The minimum Gasteiger partial charge on any atom is -0.352 e. The number of H-pyrrole nitrogens is 1. The van der Waals surface area contributed by atoms with Gasteiger partial charge in [0.2, 0.25) is 5.91 Å². The fourth-order valence-electron chi connectivity index (χ4n) is 2.93. The highest BCUT2D eigenvalue weighted by molar-refractivity contribution is 5.80. The van der Waals surface area contributed by atoms with Gasteiger partial charge in [0, 0.05) is 23.5 Å². The highest BCUT2D eigenvalue weighted by Crippen LogP contribution is 2.14. The fourth-order valence-corrected chi connectivity index (χ4v) is 2.93. The van der Waals surface area contributed by atoms with Crippen molar-refractivity contribution in [2.45, 2.75) is 26.8 Å². The van der Waals surface area contributed by atoms with E-state index in [0.29, 0.717) is 12.0 Å². The van der Waals surface area contributed by atoms with Crippen LogP contribution in [0.2, 0.25) is 0 Å². The van der Waals surface area contributed by atoms with Crippen LogP contribution in [0.5, 0.6) is 0 Å². The maximum Gasteiger partial charge on any atom is 0.253 e. The summed E-state index contributed by atoms with van der Waals surface area (Å²) >= 11 is 0.